The van der Waals surface area contributed by atoms with Gasteiger partial charge in [-0.3, -0.25) is 10.1 Å². The number of aromatic nitrogens is 3. The predicted molar refractivity (Wildman–Crippen MR) is 75.8 cm³/mol. The zero-order valence-electron chi connectivity index (χ0n) is 11.2. The lowest BCUT2D eigenvalue weighted by Crippen LogP contribution is -2.27. The molecule has 2 aromatic heterocycles. The van der Waals surface area contributed by atoms with Crippen LogP contribution in [0.2, 0.25) is 0 Å². The third-order valence-corrected chi connectivity index (χ3v) is 5.02. The summed E-state index contributed by atoms with van der Waals surface area (Å²) in [6.45, 7) is 1.99. The summed E-state index contributed by atoms with van der Waals surface area (Å²) in [5.74, 6) is 0.0972. The van der Waals surface area contributed by atoms with E-state index in [1.807, 2.05) is 0 Å². The summed E-state index contributed by atoms with van der Waals surface area (Å²) in [7, 11) is -2.16. The zero-order valence-corrected chi connectivity index (χ0v) is 12.7. The highest BCUT2D eigenvalue weighted by molar-refractivity contribution is 7.89. The number of aromatic amines is 1. The molecule has 0 aromatic carbocycles. The van der Waals surface area contributed by atoms with E-state index < -0.39 is 10.0 Å². The summed E-state index contributed by atoms with van der Waals surface area (Å²) in [5, 5.41) is 6.52. The van der Waals surface area contributed by atoms with Gasteiger partial charge in [0.25, 0.3) is 10.0 Å². The number of hydrogen-bond donors (Lipinski definition) is 1. The lowest BCUT2D eigenvalue weighted by atomic mass is 10.3. The molecule has 0 aliphatic rings. The SMILES string of the molecule is Cc1[nH]nc(S(=O)(=O)N(C)Cc2ccncc2)c1CCl. The Kier molecular flexibility index (Phi) is 4.42. The number of H-pyrrole nitrogens is 1. The molecule has 2 rings (SSSR count). The minimum Gasteiger partial charge on any atom is -0.281 e. The molecule has 0 aliphatic heterocycles. The second kappa shape index (κ2) is 5.90. The van der Waals surface area contributed by atoms with Gasteiger partial charge < -0.3 is 0 Å². The highest BCUT2D eigenvalue weighted by atomic mass is 35.5. The molecular weight excluding hydrogens is 300 g/mol. The predicted octanol–water partition coefficient (Wildman–Crippen LogP) is 1.67. The van der Waals surface area contributed by atoms with Gasteiger partial charge in [0.2, 0.25) is 0 Å². The fourth-order valence-corrected chi connectivity index (χ4v) is 3.50. The van der Waals surface area contributed by atoms with Crippen molar-refractivity contribution < 1.29 is 8.42 Å². The quantitative estimate of drug-likeness (QED) is 0.851. The maximum absolute atomic E-state index is 12.5. The van der Waals surface area contributed by atoms with Gasteiger partial charge >= 0.3 is 0 Å². The number of halogens is 1. The molecule has 20 heavy (non-hydrogen) atoms. The van der Waals surface area contributed by atoms with Gasteiger partial charge in [-0.05, 0) is 24.6 Å². The smallest absolute Gasteiger partial charge is 0.262 e. The molecule has 1 N–H and O–H groups in total. The van der Waals surface area contributed by atoms with E-state index in [4.69, 9.17) is 11.6 Å². The lowest BCUT2D eigenvalue weighted by Gasteiger charge is -2.16. The number of hydrogen-bond acceptors (Lipinski definition) is 4. The Bertz CT molecular complexity index is 685. The lowest BCUT2D eigenvalue weighted by molar-refractivity contribution is 0.463. The van der Waals surface area contributed by atoms with Crippen molar-refractivity contribution in [3.63, 3.8) is 0 Å². The van der Waals surface area contributed by atoms with Gasteiger partial charge in [-0.2, -0.15) is 9.40 Å². The minimum atomic E-state index is -3.67. The summed E-state index contributed by atoms with van der Waals surface area (Å²) in [5.41, 5.74) is 2.02. The van der Waals surface area contributed by atoms with Crippen molar-refractivity contribution in [2.45, 2.75) is 24.4 Å². The molecule has 0 atom stereocenters. The minimum absolute atomic E-state index is 0.0124. The molecule has 0 amide bonds. The molecule has 108 valence electrons. The summed E-state index contributed by atoms with van der Waals surface area (Å²) < 4.78 is 26.2. The van der Waals surface area contributed by atoms with Gasteiger partial charge in [-0.25, -0.2) is 8.42 Å². The van der Waals surface area contributed by atoms with Crippen LogP contribution in [-0.2, 0) is 22.4 Å². The normalized spacial score (nSPS) is 12.0. The van der Waals surface area contributed by atoms with Crippen molar-refractivity contribution in [2.75, 3.05) is 7.05 Å². The Hall–Kier alpha value is -1.44. The molecule has 8 heteroatoms. The van der Waals surface area contributed by atoms with E-state index in [1.54, 1.807) is 31.5 Å². The van der Waals surface area contributed by atoms with Gasteiger partial charge in [-0.1, -0.05) is 0 Å². The van der Waals surface area contributed by atoms with E-state index >= 15 is 0 Å². The summed E-state index contributed by atoms with van der Waals surface area (Å²) in [6, 6.07) is 3.54. The number of nitrogens with one attached hydrogen (secondary N) is 1. The number of nitrogens with zero attached hydrogens (tertiary/aromatic N) is 3. The average molecular weight is 315 g/mol. The van der Waals surface area contributed by atoms with E-state index in [9.17, 15) is 8.42 Å². The Morgan fingerprint density at radius 2 is 2.00 bits per heavy atom. The van der Waals surface area contributed by atoms with E-state index in [2.05, 4.69) is 15.2 Å². The van der Waals surface area contributed by atoms with Crippen molar-refractivity contribution in [3.8, 4) is 0 Å². The number of sulfonamides is 1. The van der Waals surface area contributed by atoms with Crippen molar-refractivity contribution in [1.82, 2.24) is 19.5 Å². The number of alkyl halides is 1. The first kappa shape index (κ1) is 15.0. The summed E-state index contributed by atoms with van der Waals surface area (Å²) in [4.78, 5) is 3.90. The van der Waals surface area contributed by atoms with Crippen LogP contribution in [0.25, 0.3) is 0 Å². The van der Waals surface area contributed by atoms with Crippen LogP contribution in [-0.4, -0.2) is 35.0 Å². The fraction of sp³-hybridized carbons (Fsp3) is 0.333. The maximum atomic E-state index is 12.5. The maximum Gasteiger partial charge on any atom is 0.262 e. The molecule has 0 unspecified atom stereocenters. The number of rotatable bonds is 5. The molecule has 0 saturated heterocycles. The Labute approximate surface area is 122 Å². The van der Waals surface area contributed by atoms with Crippen LogP contribution in [0.15, 0.2) is 29.6 Å². The van der Waals surface area contributed by atoms with Gasteiger partial charge in [0, 0.05) is 37.2 Å². The van der Waals surface area contributed by atoms with Crippen LogP contribution < -0.4 is 0 Å². The van der Waals surface area contributed by atoms with Crippen molar-refractivity contribution in [2.24, 2.45) is 0 Å². The molecule has 0 spiro atoms. The van der Waals surface area contributed by atoms with E-state index in [0.717, 1.165) is 5.56 Å². The molecule has 0 radical (unpaired) electrons. The highest BCUT2D eigenvalue weighted by Crippen LogP contribution is 2.22. The molecule has 0 saturated carbocycles. The summed E-state index contributed by atoms with van der Waals surface area (Å²) >= 11 is 5.80. The molecule has 0 bridgehead atoms. The number of pyridine rings is 1. The Balaban J connectivity index is 2.30. The van der Waals surface area contributed by atoms with E-state index in [1.165, 1.54) is 11.4 Å². The molecule has 2 heterocycles. The topological polar surface area (TPSA) is 79.0 Å². The second-order valence-corrected chi connectivity index (χ2v) is 6.61. The zero-order chi connectivity index (χ0) is 14.8. The van der Waals surface area contributed by atoms with Crippen LogP contribution in [0, 0.1) is 6.92 Å². The van der Waals surface area contributed by atoms with Crippen LogP contribution in [0.3, 0.4) is 0 Å². The van der Waals surface area contributed by atoms with Gasteiger partial charge in [0.05, 0.1) is 5.88 Å². The van der Waals surface area contributed by atoms with Crippen LogP contribution in [0.5, 0.6) is 0 Å². The third-order valence-electron chi connectivity index (χ3n) is 2.98. The van der Waals surface area contributed by atoms with Crippen molar-refractivity contribution in [1.29, 1.82) is 0 Å². The fourth-order valence-electron chi connectivity index (χ4n) is 1.78. The first-order chi connectivity index (χ1) is 9.46. The van der Waals surface area contributed by atoms with Crippen LogP contribution in [0.4, 0.5) is 0 Å². The van der Waals surface area contributed by atoms with Crippen molar-refractivity contribution >= 4 is 21.6 Å². The molecule has 0 fully saturated rings. The van der Waals surface area contributed by atoms with Gasteiger partial charge in [0.15, 0.2) is 5.03 Å². The average Bonchev–Trinajstić information content (AvgIpc) is 2.81. The van der Waals surface area contributed by atoms with E-state index in [0.29, 0.717) is 11.3 Å². The first-order valence-corrected chi connectivity index (χ1v) is 7.89. The molecule has 6 nitrogen and oxygen atoms in total. The standard InChI is InChI=1S/C12H15ClN4O2S/c1-9-11(7-13)12(16-15-9)20(18,19)17(2)8-10-3-5-14-6-4-10/h3-6H,7-8H2,1-2H3,(H,15,16). The number of aryl methyl sites for hydroxylation is 1. The van der Waals surface area contributed by atoms with Gasteiger partial charge in [-0.15, -0.1) is 11.6 Å². The Morgan fingerprint density at radius 3 is 2.60 bits per heavy atom. The largest absolute Gasteiger partial charge is 0.281 e. The van der Waals surface area contributed by atoms with Gasteiger partial charge in [0.1, 0.15) is 0 Å². The summed E-state index contributed by atoms with van der Waals surface area (Å²) in [6.07, 6.45) is 3.25. The first-order valence-electron chi connectivity index (χ1n) is 5.92. The highest BCUT2D eigenvalue weighted by Gasteiger charge is 2.27. The van der Waals surface area contributed by atoms with E-state index in [-0.39, 0.29) is 17.5 Å². The Morgan fingerprint density at radius 1 is 1.35 bits per heavy atom. The van der Waals surface area contributed by atoms with Crippen LogP contribution in [0.1, 0.15) is 16.8 Å². The third kappa shape index (κ3) is 2.84. The van der Waals surface area contributed by atoms with Crippen LogP contribution >= 0.6 is 11.6 Å². The molecule has 0 aliphatic carbocycles. The second-order valence-electron chi connectivity index (χ2n) is 4.38. The monoisotopic (exact) mass is 314 g/mol. The molecular formula is C12H15ClN4O2S. The van der Waals surface area contributed by atoms with Crippen molar-refractivity contribution in [3.05, 3.63) is 41.3 Å². The molecule has 2 aromatic rings.